The molecule has 18 atom stereocenters. The van der Waals surface area contributed by atoms with E-state index in [0.29, 0.717) is 6.42 Å². The Bertz CT molecular complexity index is 1370. The third-order valence-corrected chi connectivity index (χ3v) is 12.9. The maximum atomic E-state index is 14.3. The Labute approximate surface area is 339 Å². The molecule has 4 rings (SSSR count). The molecule has 3 saturated heterocycles. The van der Waals surface area contributed by atoms with Gasteiger partial charge >= 0.3 is 11.9 Å². The summed E-state index contributed by atoms with van der Waals surface area (Å²) in [6, 6.07) is -0.0744. The van der Waals surface area contributed by atoms with Crippen molar-refractivity contribution in [1.29, 1.82) is 0 Å². The number of ether oxygens (including phenoxy) is 8. The number of nitrogens with zero attached hydrogens (tertiary/aromatic N) is 1. The fourth-order valence-electron chi connectivity index (χ4n) is 9.36. The summed E-state index contributed by atoms with van der Waals surface area (Å²) in [6.45, 7) is 18.1. The summed E-state index contributed by atoms with van der Waals surface area (Å²) in [6.07, 6.45) is -6.40. The SMILES string of the molecule is CC[C@H]1OC(=O)[C@H](C)[C@@H](O[C@H]2C[C@@](C)(OC)[C@@H](OC(C)=O)[C@H](C)O2)[C@H](C)[C@@H](O[C@@H]2O[C@H](C)C[C@H](N(C)C)C2OC2CC2)[C@](C)(O)C[C@@H](C)C(=O)[C@H](C)[C@@H](O)[C@]1(C)O. The molecular weight excluding hydrogens is 742 g/mol. The predicted molar refractivity (Wildman–Crippen MR) is 208 cm³/mol. The van der Waals surface area contributed by atoms with Crippen LogP contribution in [0.3, 0.4) is 0 Å². The normalized spacial score (nSPS) is 46.9. The molecule has 0 spiro atoms. The van der Waals surface area contributed by atoms with Gasteiger partial charge in [0, 0.05) is 44.2 Å². The number of esters is 2. The summed E-state index contributed by atoms with van der Waals surface area (Å²) in [4.78, 5) is 42.5. The van der Waals surface area contributed by atoms with Crippen molar-refractivity contribution >= 4 is 17.7 Å². The summed E-state index contributed by atoms with van der Waals surface area (Å²) in [7, 11) is 5.47. The van der Waals surface area contributed by atoms with Crippen LogP contribution in [0.1, 0.15) is 115 Å². The number of likely N-dealkylation sites (N-methyl/N-ethyl adjacent to an activating group) is 1. The lowest BCUT2D eigenvalue weighted by Gasteiger charge is -2.50. The van der Waals surface area contributed by atoms with Crippen LogP contribution >= 0.6 is 0 Å². The molecular formula is C42H73NO14. The van der Waals surface area contributed by atoms with E-state index in [4.69, 9.17) is 37.9 Å². The molecule has 0 amide bonds. The van der Waals surface area contributed by atoms with Crippen LogP contribution in [-0.2, 0) is 52.3 Å². The molecule has 330 valence electrons. The third kappa shape index (κ3) is 10.9. The van der Waals surface area contributed by atoms with Gasteiger partial charge in [0.1, 0.15) is 29.2 Å². The molecule has 1 saturated carbocycles. The van der Waals surface area contributed by atoms with E-state index in [2.05, 4.69) is 4.90 Å². The van der Waals surface area contributed by atoms with Gasteiger partial charge in [-0.05, 0) is 87.7 Å². The van der Waals surface area contributed by atoms with Crippen LogP contribution in [-0.4, -0.2) is 150 Å². The molecule has 0 aromatic rings. The Morgan fingerprint density at radius 3 is 2.07 bits per heavy atom. The summed E-state index contributed by atoms with van der Waals surface area (Å²) in [5.74, 6) is -5.35. The minimum Gasteiger partial charge on any atom is -0.459 e. The number of hydrogen-bond acceptors (Lipinski definition) is 15. The van der Waals surface area contributed by atoms with Gasteiger partial charge in [-0.25, -0.2) is 0 Å². The van der Waals surface area contributed by atoms with Gasteiger partial charge in [-0.15, -0.1) is 0 Å². The standard InChI is InChI=1S/C42H73NO14/c1-15-30-42(11,49)35(46)23(4)32(45)21(2)19-40(9,48)36(57-39-34(54-28-16-17-28)29(43(12)13)18-22(3)51-39)24(5)33(25(6)38(47)55-30)56-31-20-41(10,50-14)37(26(7)52-31)53-27(8)44/h21-26,28-31,33-37,39,46,48-49H,15-20H2,1-14H3/t21-,22-,23+,24+,25-,26+,29+,30-,31+,33+,34?,35-,36-,37+,39+,40-,41-,42-/m1/s1. The number of hydrogen-bond donors (Lipinski definition) is 3. The lowest BCUT2D eigenvalue weighted by atomic mass is 9.74. The van der Waals surface area contributed by atoms with Crippen molar-refractivity contribution in [2.24, 2.45) is 23.7 Å². The lowest BCUT2D eigenvalue weighted by molar-refractivity contribution is -0.322. The van der Waals surface area contributed by atoms with Crippen molar-refractivity contribution in [2.75, 3.05) is 21.2 Å². The highest BCUT2D eigenvalue weighted by Gasteiger charge is 2.54. The van der Waals surface area contributed by atoms with Crippen LogP contribution in [0, 0.1) is 23.7 Å². The Kier molecular flexibility index (Phi) is 15.8. The molecule has 3 N–H and O–H groups in total. The second-order valence-corrected chi connectivity index (χ2v) is 18.4. The first kappa shape index (κ1) is 47.9. The minimum absolute atomic E-state index is 0.0546. The van der Waals surface area contributed by atoms with Gasteiger partial charge in [-0.1, -0.05) is 27.7 Å². The molecule has 15 nitrogen and oxygen atoms in total. The van der Waals surface area contributed by atoms with Crippen LogP contribution in [0.2, 0.25) is 0 Å². The zero-order chi connectivity index (χ0) is 42.9. The van der Waals surface area contributed by atoms with Crippen LogP contribution in [0.4, 0.5) is 0 Å². The van der Waals surface area contributed by atoms with Gasteiger partial charge in [0.2, 0.25) is 0 Å². The van der Waals surface area contributed by atoms with Crippen molar-refractivity contribution < 1.29 is 67.6 Å². The van der Waals surface area contributed by atoms with E-state index in [1.165, 1.54) is 27.9 Å². The fraction of sp³-hybridized carbons (Fsp3) is 0.929. The Morgan fingerprint density at radius 2 is 1.53 bits per heavy atom. The lowest BCUT2D eigenvalue weighted by Crippen LogP contribution is -2.62. The molecule has 4 fully saturated rings. The van der Waals surface area contributed by atoms with Crippen molar-refractivity contribution in [3.8, 4) is 0 Å². The topological polar surface area (TPSA) is 189 Å². The van der Waals surface area contributed by atoms with E-state index in [1.807, 2.05) is 27.9 Å². The van der Waals surface area contributed by atoms with Crippen LogP contribution < -0.4 is 0 Å². The van der Waals surface area contributed by atoms with E-state index >= 15 is 0 Å². The van der Waals surface area contributed by atoms with E-state index < -0.39 is 108 Å². The van der Waals surface area contributed by atoms with Gasteiger partial charge in [0.05, 0.1) is 48.1 Å². The number of methoxy groups -OCH3 is 1. The van der Waals surface area contributed by atoms with Crippen LogP contribution in [0.15, 0.2) is 0 Å². The molecule has 3 aliphatic heterocycles. The number of cyclic esters (lactones) is 1. The van der Waals surface area contributed by atoms with Gasteiger partial charge in [0.15, 0.2) is 18.7 Å². The number of rotatable bonds is 10. The zero-order valence-corrected chi connectivity index (χ0v) is 36.8. The second-order valence-electron chi connectivity index (χ2n) is 18.4. The first-order valence-electron chi connectivity index (χ1n) is 20.9. The number of carbonyl (C=O) groups is 3. The number of Topliss-reactive ketones (excluding diaryl/α,β-unsaturated/α-hetero) is 1. The van der Waals surface area contributed by atoms with Crippen molar-refractivity contribution in [3.63, 3.8) is 0 Å². The molecule has 4 aliphatic rings. The quantitative estimate of drug-likeness (QED) is 0.272. The number of aliphatic hydroxyl groups excluding tert-OH is 1. The minimum atomic E-state index is -2.00. The van der Waals surface area contributed by atoms with Crippen molar-refractivity contribution in [2.45, 2.75) is 205 Å². The van der Waals surface area contributed by atoms with Crippen LogP contribution in [0.25, 0.3) is 0 Å². The van der Waals surface area contributed by atoms with Crippen molar-refractivity contribution in [1.82, 2.24) is 4.90 Å². The molecule has 1 unspecified atom stereocenters. The Hall–Kier alpha value is -1.79. The summed E-state index contributed by atoms with van der Waals surface area (Å²) < 4.78 is 50.8. The van der Waals surface area contributed by atoms with Gasteiger partial charge in [-0.2, -0.15) is 0 Å². The maximum Gasteiger partial charge on any atom is 0.311 e. The second kappa shape index (κ2) is 18.9. The zero-order valence-electron chi connectivity index (χ0n) is 36.8. The molecule has 15 heteroatoms. The highest BCUT2D eigenvalue weighted by atomic mass is 16.7. The average molecular weight is 816 g/mol. The first-order chi connectivity index (χ1) is 26.4. The molecule has 0 radical (unpaired) electrons. The molecule has 0 aromatic carbocycles. The van der Waals surface area contributed by atoms with E-state index in [1.54, 1.807) is 41.5 Å². The maximum absolute atomic E-state index is 14.3. The summed E-state index contributed by atoms with van der Waals surface area (Å²) in [5, 5.41) is 35.8. The number of aliphatic hydroxyl groups is 3. The predicted octanol–water partition coefficient (Wildman–Crippen LogP) is 3.54. The molecule has 3 heterocycles. The third-order valence-electron chi connectivity index (χ3n) is 12.9. The Morgan fingerprint density at radius 1 is 0.895 bits per heavy atom. The first-order valence-corrected chi connectivity index (χ1v) is 20.9. The Balaban J connectivity index is 1.84. The molecule has 1 aliphatic carbocycles. The largest absolute Gasteiger partial charge is 0.459 e. The summed E-state index contributed by atoms with van der Waals surface area (Å²) in [5.41, 5.74) is -4.80. The highest BCUT2D eigenvalue weighted by Crippen LogP contribution is 2.42. The fourth-order valence-corrected chi connectivity index (χ4v) is 9.36. The van der Waals surface area contributed by atoms with E-state index in [9.17, 15) is 29.7 Å². The van der Waals surface area contributed by atoms with E-state index in [0.717, 1.165) is 12.8 Å². The van der Waals surface area contributed by atoms with Gasteiger partial charge in [-0.3, -0.25) is 14.4 Å². The van der Waals surface area contributed by atoms with Gasteiger partial charge in [0.25, 0.3) is 0 Å². The smallest absolute Gasteiger partial charge is 0.311 e. The molecule has 0 aromatic heterocycles. The van der Waals surface area contributed by atoms with E-state index in [-0.39, 0.29) is 43.3 Å². The monoisotopic (exact) mass is 816 g/mol. The molecule has 0 bridgehead atoms. The summed E-state index contributed by atoms with van der Waals surface area (Å²) >= 11 is 0. The average Bonchev–Trinajstić information content (AvgIpc) is 3.95. The van der Waals surface area contributed by atoms with Gasteiger partial charge < -0.3 is 58.1 Å². The number of ketones is 1. The highest BCUT2D eigenvalue weighted by molar-refractivity contribution is 5.83. The molecule has 57 heavy (non-hydrogen) atoms. The van der Waals surface area contributed by atoms with Crippen molar-refractivity contribution in [3.05, 3.63) is 0 Å². The van der Waals surface area contributed by atoms with Crippen LogP contribution in [0.5, 0.6) is 0 Å². The number of carbonyl (C=O) groups excluding carboxylic acids is 3.